The van der Waals surface area contributed by atoms with Crippen LogP contribution in [0.15, 0.2) is 48.7 Å². The molecule has 1 aromatic heterocycles. The number of amides is 1. The Bertz CT molecular complexity index is 593. The lowest BCUT2D eigenvalue weighted by Crippen LogP contribution is -2.30. The fraction of sp³-hybridized carbons (Fsp3) is 0.250. The lowest BCUT2D eigenvalue weighted by atomic mass is 9.94. The molecule has 0 saturated heterocycles. The number of anilines is 1. The Morgan fingerprint density at radius 3 is 2.36 bits per heavy atom. The lowest BCUT2D eigenvalue weighted by molar-refractivity contribution is -0.120. The summed E-state index contributed by atoms with van der Waals surface area (Å²) in [7, 11) is 0. The summed E-state index contributed by atoms with van der Waals surface area (Å²) in [5, 5.41) is 2.88. The van der Waals surface area contributed by atoms with Gasteiger partial charge in [0.1, 0.15) is 0 Å². The van der Waals surface area contributed by atoms with E-state index in [9.17, 15) is 4.79 Å². The number of benzene rings is 1. The van der Waals surface area contributed by atoms with Crippen LogP contribution in [-0.4, -0.2) is 10.9 Å². The average Bonchev–Trinajstić information content (AvgIpc) is 2.49. The van der Waals surface area contributed by atoms with Gasteiger partial charge in [-0.2, -0.15) is 0 Å². The van der Waals surface area contributed by atoms with Gasteiger partial charge < -0.3 is 11.1 Å². The minimum atomic E-state index is -0.326. The van der Waals surface area contributed by atoms with Crippen LogP contribution >= 0.6 is 24.8 Å². The van der Waals surface area contributed by atoms with E-state index in [1.54, 1.807) is 12.3 Å². The van der Waals surface area contributed by atoms with E-state index in [1.165, 1.54) is 0 Å². The van der Waals surface area contributed by atoms with Crippen molar-refractivity contribution in [1.82, 2.24) is 4.98 Å². The van der Waals surface area contributed by atoms with Gasteiger partial charge in [0.25, 0.3) is 0 Å². The van der Waals surface area contributed by atoms with Gasteiger partial charge in [-0.3, -0.25) is 9.78 Å². The highest BCUT2D eigenvalue weighted by Gasteiger charge is 2.22. The molecule has 0 radical (unpaired) electrons. The smallest absolute Gasteiger partial charge is 0.229 e. The highest BCUT2D eigenvalue weighted by molar-refractivity contribution is 5.93. The summed E-state index contributed by atoms with van der Waals surface area (Å²) in [6.45, 7) is 3.69. The van der Waals surface area contributed by atoms with Crippen molar-refractivity contribution >= 4 is 36.4 Å². The number of aromatic nitrogens is 1. The van der Waals surface area contributed by atoms with Crippen LogP contribution in [0.4, 0.5) is 5.69 Å². The first-order valence-electron chi connectivity index (χ1n) is 6.62. The predicted molar refractivity (Wildman–Crippen MR) is 94.6 cm³/mol. The van der Waals surface area contributed by atoms with E-state index in [-0.39, 0.29) is 42.7 Å². The monoisotopic (exact) mass is 341 g/mol. The summed E-state index contributed by atoms with van der Waals surface area (Å²) >= 11 is 0. The first-order valence-corrected chi connectivity index (χ1v) is 6.62. The average molecular weight is 342 g/mol. The Labute approximate surface area is 143 Å². The number of nitrogens with two attached hydrogens (primary N) is 1. The molecule has 0 aliphatic heterocycles. The predicted octanol–water partition coefficient (Wildman–Crippen LogP) is 3.51. The van der Waals surface area contributed by atoms with E-state index in [0.29, 0.717) is 0 Å². The van der Waals surface area contributed by atoms with Gasteiger partial charge in [-0.15, -0.1) is 24.8 Å². The van der Waals surface area contributed by atoms with Gasteiger partial charge in [0, 0.05) is 12.2 Å². The lowest BCUT2D eigenvalue weighted by Gasteiger charge is -2.20. The summed E-state index contributed by atoms with van der Waals surface area (Å²) < 4.78 is 0. The number of carbonyl (C=O) groups is 1. The van der Waals surface area contributed by atoms with Crippen molar-refractivity contribution in [2.75, 3.05) is 5.32 Å². The van der Waals surface area contributed by atoms with Gasteiger partial charge in [-0.25, -0.2) is 0 Å². The minimum Gasteiger partial charge on any atom is -0.324 e. The van der Waals surface area contributed by atoms with Crippen LogP contribution in [0, 0.1) is 12.8 Å². The number of hydrogen-bond acceptors (Lipinski definition) is 3. The Kier molecular flexibility index (Phi) is 8.72. The van der Waals surface area contributed by atoms with Gasteiger partial charge in [-0.1, -0.05) is 37.3 Å². The molecular weight excluding hydrogens is 321 g/mol. The van der Waals surface area contributed by atoms with E-state index < -0.39 is 0 Å². The van der Waals surface area contributed by atoms with Crippen LogP contribution in [0.1, 0.15) is 24.2 Å². The second kappa shape index (κ2) is 9.41. The maximum absolute atomic E-state index is 12.3. The molecule has 1 amide bonds. The number of halogens is 2. The van der Waals surface area contributed by atoms with E-state index in [2.05, 4.69) is 10.3 Å². The van der Waals surface area contributed by atoms with E-state index in [4.69, 9.17) is 5.73 Å². The minimum absolute atomic E-state index is 0. The molecule has 2 aromatic rings. The van der Waals surface area contributed by atoms with Crippen molar-refractivity contribution in [2.45, 2.75) is 19.9 Å². The highest BCUT2D eigenvalue weighted by Crippen LogP contribution is 2.21. The van der Waals surface area contributed by atoms with Crippen molar-refractivity contribution in [3.05, 3.63) is 59.9 Å². The third-order valence-electron chi connectivity index (χ3n) is 3.40. The zero-order valence-corrected chi connectivity index (χ0v) is 14.2. The molecule has 4 nitrogen and oxygen atoms in total. The molecule has 0 spiro atoms. The molecule has 0 saturated carbocycles. The molecule has 22 heavy (non-hydrogen) atoms. The Morgan fingerprint density at radius 1 is 1.14 bits per heavy atom. The second-order valence-electron chi connectivity index (χ2n) is 4.85. The van der Waals surface area contributed by atoms with Gasteiger partial charge in [0.2, 0.25) is 5.91 Å². The SMILES string of the molecule is Cc1ncccc1NC(=O)C(C)C(N)c1ccccc1.Cl.Cl. The van der Waals surface area contributed by atoms with E-state index in [1.807, 2.05) is 50.2 Å². The molecule has 1 aromatic carbocycles. The molecule has 6 heteroatoms. The van der Waals surface area contributed by atoms with Crippen molar-refractivity contribution in [1.29, 1.82) is 0 Å². The molecule has 0 bridgehead atoms. The van der Waals surface area contributed by atoms with Crippen molar-refractivity contribution in [3.63, 3.8) is 0 Å². The van der Waals surface area contributed by atoms with Crippen molar-refractivity contribution in [3.8, 4) is 0 Å². The molecule has 0 aliphatic rings. The molecule has 120 valence electrons. The van der Waals surface area contributed by atoms with Crippen LogP contribution in [0.25, 0.3) is 0 Å². The molecule has 0 fully saturated rings. The number of carbonyl (C=O) groups excluding carboxylic acids is 1. The number of aryl methyl sites for hydroxylation is 1. The Balaban J connectivity index is 0.00000220. The van der Waals surface area contributed by atoms with Crippen LogP contribution < -0.4 is 11.1 Å². The zero-order valence-electron chi connectivity index (χ0n) is 12.5. The Morgan fingerprint density at radius 2 is 1.77 bits per heavy atom. The third-order valence-corrected chi connectivity index (χ3v) is 3.40. The molecular formula is C16H21Cl2N3O. The molecule has 1 heterocycles. The van der Waals surface area contributed by atoms with Crippen LogP contribution in [0.2, 0.25) is 0 Å². The topological polar surface area (TPSA) is 68.0 Å². The quantitative estimate of drug-likeness (QED) is 0.893. The van der Waals surface area contributed by atoms with E-state index in [0.717, 1.165) is 16.9 Å². The molecule has 3 N–H and O–H groups in total. The van der Waals surface area contributed by atoms with E-state index >= 15 is 0 Å². The van der Waals surface area contributed by atoms with Crippen LogP contribution in [0.5, 0.6) is 0 Å². The van der Waals surface area contributed by atoms with Gasteiger partial charge >= 0.3 is 0 Å². The van der Waals surface area contributed by atoms with Crippen molar-refractivity contribution < 1.29 is 4.79 Å². The fourth-order valence-electron chi connectivity index (χ4n) is 1.99. The first kappa shape index (κ1) is 20.4. The number of hydrogen-bond donors (Lipinski definition) is 2. The van der Waals surface area contributed by atoms with Crippen molar-refractivity contribution in [2.24, 2.45) is 11.7 Å². The normalized spacial score (nSPS) is 12.3. The summed E-state index contributed by atoms with van der Waals surface area (Å²) in [5.74, 6) is -0.422. The van der Waals surface area contributed by atoms with Crippen LogP contribution in [-0.2, 0) is 4.79 Å². The molecule has 2 unspecified atom stereocenters. The third kappa shape index (κ3) is 4.98. The Hall–Kier alpha value is -1.62. The number of pyridine rings is 1. The number of nitrogens with one attached hydrogen (secondary N) is 1. The summed E-state index contributed by atoms with van der Waals surface area (Å²) in [6, 6.07) is 12.9. The highest BCUT2D eigenvalue weighted by atomic mass is 35.5. The molecule has 2 atom stereocenters. The maximum Gasteiger partial charge on any atom is 0.229 e. The van der Waals surface area contributed by atoms with Gasteiger partial charge in [-0.05, 0) is 24.6 Å². The fourth-order valence-corrected chi connectivity index (χ4v) is 1.99. The summed E-state index contributed by atoms with van der Waals surface area (Å²) in [5.41, 5.74) is 8.63. The van der Waals surface area contributed by atoms with Crippen LogP contribution in [0.3, 0.4) is 0 Å². The summed E-state index contributed by atoms with van der Waals surface area (Å²) in [6.07, 6.45) is 1.70. The standard InChI is InChI=1S/C16H19N3O.2ClH/c1-11(15(17)13-7-4-3-5-8-13)16(20)19-14-9-6-10-18-12(14)2;;/h3-11,15H,17H2,1-2H3,(H,19,20);2*1H. The second-order valence-corrected chi connectivity index (χ2v) is 4.85. The van der Waals surface area contributed by atoms with Gasteiger partial charge in [0.05, 0.1) is 17.3 Å². The number of rotatable bonds is 4. The first-order chi connectivity index (χ1) is 9.59. The molecule has 2 rings (SSSR count). The maximum atomic E-state index is 12.3. The molecule has 0 aliphatic carbocycles. The van der Waals surface area contributed by atoms with Gasteiger partial charge in [0.15, 0.2) is 0 Å². The zero-order chi connectivity index (χ0) is 14.5. The summed E-state index contributed by atoms with van der Waals surface area (Å²) in [4.78, 5) is 16.4. The largest absolute Gasteiger partial charge is 0.324 e. The number of nitrogens with zero attached hydrogens (tertiary/aromatic N) is 1.